The zero-order valence-electron chi connectivity index (χ0n) is 8.58. The van der Waals surface area contributed by atoms with Gasteiger partial charge >= 0.3 is 0 Å². The van der Waals surface area contributed by atoms with Gasteiger partial charge in [0.1, 0.15) is 11.4 Å². The maximum absolute atomic E-state index is 9.40. The second-order valence-corrected chi connectivity index (χ2v) is 4.49. The van der Waals surface area contributed by atoms with E-state index in [0.29, 0.717) is 10.8 Å². The quantitative estimate of drug-likeness (QED) is 0.859. The average Bonchev–Trinajstić information content (AvgIpc) is 2.71. The minimum absolute atomic E-state index is 0.0677. The van der Waals surface area contributed by atoms with Crippen LogP contribution in [0, 0.1) is 0 Å². The second-order valence-electron chi connectivity index (χ2n) is 4.08. The second kappa shape index (κ2) is 4.42. The lowest BCUT2D eigenvalue weighted by Gasteiger charge is -2.28. The van der Waals surface area contributed by atoms with Crippen LogP contribution in [0.1, 0.15) is 25.7 Å². The third-order valence-corrected chi connectivity index (χ3v) is 3.28. The Labute approximate surface area is 94.8 Å². The zero-order valence-corrected chi connectivity index (χ0v) is 9.33. The number of halogens is 1. The van der Waals surface area contributed by atoms with Gasteiger partial charge in [0.25, 0.3) is 0 Å². The van der Waals surface area contributed by atoms with Gasteiger partial charge in [0.2, 0.25) is 0 Å². The molecule has 1 saturated carbocycles. The first-order valence-corrected chi connectivity index (χ1v) is 5.68. The molecule has 0 amide bonds. The number of ether oxygens (including phenoxy) is 1. The highest BCUT2D eigenvalue weighted by Gasteiger charge is 2.35. The van der Waals surface area contributed by atoms with E-state index in [4.69, 9.17) is 16.3 Å². The third kappa shape index (κ3) is 2.27. The lowest BCUT2D eigenvalue weighted by Crippen LogP contribution is -2.36. The maximum atomic E-state index is 9.40. The summed E-state index contributed by atoms with van der Waals surface area (Å²) in [5.41, 5.74) is -0.398. The highest BCUT2D eigenvalue weighted by Crippen LogP contribution is 2.36. The van der Waals surface area contributed by atoms with Gasteiger partial charge in [-0.1, -0.05) is 23.7 Å². The van der Waals surface area contributed by atoms with Crippen LogP contribution < -0.4 is 4.74 Å². The fraction of sp³-hybridized carbons (Fsp3) is 0.500. The van der Waals surface area contributed by atoms with E-state index in [1.807, 2.05) is 18.2 Å². The van der Waals surface area contributed by atoms with Crippen molar-refractivity contribution in [2.45, 2.75) is 31.3 Å². The molecule has 0 saturated heterocycles. The van der Waals surface area contributed by atoms with Crippen LogP contribution >= 0.6 is 11.6 Å². The summed E-state index contributed by atoms with van der Waals surface area (Å²) >= 11 is 6.01. The smallest absolute Gasteiger partial charge is 0.138 e. The van der Waals surface area contributed by atoms with E-state index < -0.39 is 5.60 Å². The van der Waals surface area contributed by atoms with Crippen molar-refractivity contribution in [3.05, 3.63) is 29.3 Å². The summed E-state index contributed by atoms with van der Waals surface area (Å²) < 4.78 is 5.86. The van der Waals surface area contributed by atoms with Crippen LogP contribution in [0.25, 0.3) is 0 Å². The first kappa shape index (κ1) is 10.8. The van der Waals surface area contributed by atoms with Gasteiger partial charge in [-0.05, 0) is 37.8 Å². The topological polar surface area (TPSA) is 29.5 Å². The van der Waals surface area contributed by atoms with Crippen LogP contribution in [-0.4, -0.2) is 17.3 Å². The molecule has 2 nitrogen and oxygen atoms in total. The van der Waals surface area contributed by atoms with Crippen LogP contribution in [0.3, 0.4) is 0 Å². The van der Waals surface area contributed by atoms with E-state index in [1.54, 1.807) is 6.07 Å². The van der Waals surface area contributed by atoms with E-state index in [2.05, 4.69) is 0 Å². The Hall–Kier alpha value is -0.730. The number of aliphatic hydroxyl groups excluding tert-OH is 1. The van der Waals surface area contributed by atoms with Gasteiger partial charge in [-0.25, -0.2) is 0 Å². The Bertz CT molecular complexity index is 332. The summed E-state index contributed by atoms with van der Waals surface area (Å²) in [6, 6.07) is 7.41. The zero-order chi connectivity index (χ0) is 10.7. The van der Waals surface area contributed by atoms with Crippen molar-refractivity contribution in [3.63, 3.8) is 0 Å². The minimum atomic E-state index is -0.398. The molecule has 0 aromatic heterocycles. The van der Waals surface area contributed by atoms with Gasteiger partial charge in [0, 0.05) is 0 Å². The van der Waals surface area contributed by atoms with Crippen LogP contribution in [0.5, 0.6) is 5.75 Å². The predicted octanol–water partition coefficient (Wildman–Crippen LogP) is 3.02. The molecule has 0 spiro atoms. The van der Waals surface area contributed by atoms with E-state index in [0.717, 1.165) is 25.7 Å². The Morgan fingerprint density at radius 1 is 1.27 bits per heavy atom. The summed E-state index contributed by atoms with van der Waals surface area (Å²) in [4.78, 5) is 0. The molecule has 15 heavy (non-hydrogen) atoms. The van der Waals surface area contributed by atoms with Crippen molar-refractivity contribution >= 4 is 11.6 Å². The van der Waals surface area contributed by atoms with Gasteiger partial charge in [-0.2, -0.15) is 0 Å². The van der Waals surface area contributed by atoms with Gasteiger partial charge in [-0.15, -0.1) is 0 Å². The van der Waals surface area contributed by atoms with E-state index in [-0.39, 0.29) is 6.61 Å². The Morgan fingerprint density at radius 2 is 1.93 bits per heavy atom. The molecule has 1 N–H and O–H groups in total. The summed E-state index contributed by atoms with van der Waals surface area (Å²) in [5, 5.41) is 10.0. The SMILES string of the molecule is OCC1(Oc2ccccc2Cl)CCCC1. The molecule has 0 unspecified atom stereocenters. The molecule has 82 valence electrons. The molecule has 1 aliphatic rings. The normalized spacial score (nSPS) is 19.1. The van der Waals surface area contributed by atoms with E-state index >= 15 is 0 Å². The maximum Gasteiger partial charge on any atom is 0.138 e. The first-order chi connectivity index (χ1) is 7.26. The molecule has 0 atom stereocenters. The molecule has 1 fully saturated rings. The van der Waals surface area contributed by atoms with E-state index in [1.165, 1.54) is 0 Å². The standard InChI is InChI=1S/C12H15ClO2/c13-10-5-1-2-6-11(10)15-12(9-14)7-3-4-8-12/h1-2,5-6,14H,3-4,7-9H2. The van der Waals surface area contributed by atoms with Crippen molar-refractivity contribution in [2.75, 3.05) is 6.61 Å². The third-order valence-electron chi connectivity index (χ3n) is 2.97. The Morgan fingerprint density at radius 3 is 2.53 bits per heavy atom. The van der Waals surface area contributed by atoms with Crippen molar-refractivity contribution < 1.29 is 9.84 Å². The Balaban J connectivity index is 2.16. The van der Waals surface area contributed by atoms with Crippen LogP contribution in [0.2, 0.25) is 5.02 Å². The molecular weight excluding hydrogens is 212 g/mol. The Kier molecular flexibility index (Phi) is 3.17. The van der Waals surface area contributed by atoms with Crippen molar-refractivity contribution in [1.82, 2.24) is 0 Å². The molecule has 1 aromatic carbocycles. The van der Waals surface area contributed by atoms with E-state index in [9.17, 15) is 5.11 Å². The summed E-state index contributed by atoms with van der Waals surface area (Å²) in [6.07, 6.45) is 4.06. The fourth-order valence-electron chi connectivity index (χ4n) is 2.07. The summed E-state index contributed by atoms with van der Waals surface area (Å²) in [7, 11) is 0. The lowest BCUT2D eigenvalue weighted by atomic mass is 10.0. The number of rotatable bonds is 3. The molecule has 1 aliphatic carbocycles. The van der Waals surface area contributed by atoms with Gasteiger partial charge in [-0.3, -0.25) is 0 Å². The molecule has 0 radical (unpaired) electrons. The van der Waals surface area contributed by atoms with Crippen molar-refractivity contribution in [2.24, 2.45) is 0 Å². The van der Waals surface area contributed by atoms with Crippen LogP contribution in [-0.2, 0) is 0 Å². The van der Waals surface area contributed by atoms with Gasteiger partial charge in [0.05, 0.1) is 11.6 Å². The summed E-state index contributed by atoms with van der Waals surface area (Å²) in [6.45, 7) is 0.0677. The molecule has 0 aliphatic heterocycles. The van der Waals surface area contributed by atoms with Crippen molar-refractivity contribution in [3.8, 4) is 5.75 Å². The van der Waals surface area contributed by atoms with Gasteiger partial charge < -0.3 is 9.84 Å². The number of para-hydroxylation sites is 1. The molecule has 3 heteroatoms. The van der Waals surface area contributed by atoms with Crippen LogP contribution in [0.4, 0.5) is 0 Å². The molecule has 0 bridgehead atoms. The highest BCUT2D eigenvalue weighted by molar-refractivity contribution is 6.32. The lowest BCUT2D eigenvalue weighted by molar-refractivity contribution is 0.0153. The average molecular weight is 227 g/mol. The highest BCUT2D eigenvalue weighted by atomic mass is 35.5. The van der Waals surface area contributed by atoms with Crippen molar-refractivity contribution in [1.29, 1.82) is 0 Å². The first-order valence-electron chi connectivity index (χ1n) is 5.30. The molecule has 1 aromatic rings. The molecular formula is C12H15ClO2. The largest absolute Gasteiger partial charge is 0.483 e. The minimum Gasteiger partial charge on any atom is -0.483 e. The number of aliphatic hydroxyl groups is 1. The number of benzene rings is 1. The molecule has 2 rings (SSSR count). The monoisotopic (exact) mass is 226 g/mol. The summed E-state index contributed by atoms with van der Waals surface area (Å²) in [5.74, 6) is 0.676. The predicted molar refractivity (Wildman–Crippen MR) is 60.4 cm³/mol. The number of hydrogen-bond donors (Lipinski definition) is 1. The van der Waals surface area contributed by atoms with Crippen LogP contribution in [0.15, 0.2) is 24.3 Å². The van der Waals surface area contributed by atoms with Gasteiger partial charge in [0.15, 0.2) is 0 Å². The molecule has 0 heterocycles. The number of hydrogen-bond acceptors (Lipinski definition) is 2. The fourth-order valence-corrected chi connectivity index (χ4v) is 2.25.